The van der Waals surface area contributed by atoms with E-state index >= 15 is 0 Å². The van der Waals surface area contributed by atoms with Gasteiger partial charge in [0.25, 0.3) is 0 Å². The zero-order chi connectivity index (χ0) is 9.71. The van der Waals surface area contributed by atoms with Gasteiger partial charge in [-0.2, -0.15) is 0 Å². The van der Waals surface area contributed by atoms with Gasteiger partial charge < -0.3 is 5.43 Å². The van der Waals surface area contributed by atoms with Crippen molar-refractivity contribution in [1.82, 2.24) is 16.1 Å². The van der Waals surface area contributed by atoms with Gasteiger partial charge in [-0.1, -0.05) is 6.92 Å². The van der Waals surface area contributed by atoms with E-state index in [2.05, 4.69) is 17.9 Å². The predicted molar refractivity (Wildman–Crippen MR) is 53.9 cm³/mol. The van der Waals surface area contributed by atoms with Crippen LogP contribution in [-0.2, 0) is 0 Å². The van der Waals surface area contributed by atoms with Crippen LogP contribution in [-0.4, -0.2) is 5.12 Å². The van der Waals surface area contributed by atoms with E-state index in [-0.39, 0.29) is 0 Å². The molecule has 4 nitrogen and oxygen atoms in total. The molecule has 3 aliphatic rings. The number of fused-ring (bicyclic) bond motifs is 1. The highest BCUT2D eigenvalue weighted by atomic mass is 15.8. The van der Waals surface area contributed by atoms with Crippen molar-refractivity contribution >= 4 is 0 Å². The van der Waals surface area contributed by atoms with E-state index in [0.717, 1.165) is 30.6 Å². The summed E-state index contributed by atoms with van der Waals surface area (Å²) in [5.41, 5.74) is 8.68. The number of nitrogens with one attached hydrogen (secondary N) is 2. The molecule has 3 atom stereocenters. The SMILES string of the molecule is CC1C2CCC3=C(CCC12)N(N)NN3. The molecule has 1 fully saturated rings. The third kappa shape index (κ3) is 1.14. The fourth-order valence-electron chi connectivity index (χ4n) is 3.10. The molecule has 4 heteroatoms. The zero-order valence-corrected chi connectivity index (χ0v) is 8.59. The molecule has 1 saturated carbocycles. The van der Waals surface area contributed by atoms with Crippen LogP contribution < -0.4 is 16.8 Å². The van der Waals surface area contributed by atoms with Crippen molar-refractivity contribution in [2.24, 2.45) is 23.6 Å². The largest absolute Gasteiger partial charge is 0.305 e. The fraction of sp³-hybridized carbons (Fsp3) is 0.800. The van der Waals surface area contributed by atoms with Gasteiger partial charge in [-0.15, -0.1) is 5.53 Å². The van der Waals surface area contributed by atoms with E-state index in [4.69, 9.17) is 5.84 Å². The maximum atomic E-state index is 5.81. The Balaban J connectivity index is 1.77. The molecule has 1 heterocycles. The molecule has 0 bridgehead atoms. The smallest absolute Gasteiger partial charge is 0.0695 e. The molecule has 0 saturated heterocycles. The van der Waals surface area contributed by atoms with Crippen LogP contribution in [0.1, 0.15) is 32.6 Å². The van der Waals surface area contributed by atoms with Gasteiger partial charge in [0.1, 0.15) is 0 Å². The second kappa shape index (κ2) is 2.87. The summed E-state index contributed by atoms with van der Waals surface area (Å²) in [6, 6.07) is 0. The molecular formula is C10H18N4. The number of nitrogens with zero attached hydrogens (tertiary/aromatic N) is 1. The van der Waals surface area contributed by atoms with E-state index in [0.29, 0.717) is 0 Å². The number of rotatable bonds is 0. The average molecular weight is 194 g/mol. The Bertz CT molecular complexity index is 286. The number of allylic oxidation sites excluding steroid dienone is 2. The minimum absolute atomic E-state index is 0.953. The Labute approximate surface area is 84.4 Å². The minimum Gasteiger partial charge on any atom is -0.305 e. The fourth-order valence-corrected chi connectivity index (χ4v) is 3.10. The van der Waals surface area contributed by atoms with Crippen molar-refractivity contribution < 1.29 is 0 Å². The maximum Gasteiger partial charge on any atom is 0.0695 e. The molecular weight excluding hydrogens is 176 g/mol. The number of hydrogen-bond donors (Lipinski definition) is 3. The van der Waals surface area contributed by atoms with E-state index < -0.39 is 0 Å². The van der Waals surface area contributed by atoms with E-state index in [1.165, 1.54) is 24.2 Å². The van der Waals surface area contributed by atoms with Gasteiger partial charge in [-0.05, 0) is 43.4 Å². The zero-order valence-electron chi connectivity index (χ0n) is 8.59. The van der Waals surface area contributed by atoms with Gasteiger partial charge in [0.05, 0.1) is 11.4 Å². The number of hydrogen-bond acceptors (Lipinski definition) is 4. The lowest BCUT2D eigenvalue weighted by molar-refractivity contribution is 0.249. The summed E-state index contributed by atoms with van der Waals surface area (Å²) < 4.78 is 0. The van der Waals surface area contributed by atoms with Crippen molar-refractivity contribution in [2.75, 3.05) is 0 Å². The van der Waals surface area contributed by atoms with Gasteiger partial charge in [-0.3, -0.25) is 0 Å². The molecule has 3 unspecified atom stereocenters. The molecule has 0 aromatic heterocycles. The topological polar surface area (TPSA) is 53.3 Å². The highest BCUT2D eigenvalue weighted by Crippen LogP contribution is 2.53. The van der Waals surface area contributed by atoms with Crippen molar-refractivity contribution in [1.29, 1.82) is 0 Å². The summed E-state index contributed by atoms with van der Waals surface area (Å²) in [6.45, 7) is 2.39. The third-order valence-corrected chi connectivity index (χ3v) is 4.17. The van der Waals surface area contributed by atoms with Crippen LogP contribution in [0.25, 0.3) is 0 Å². The molecule has 4 N–H and O–H groups in total. The first kappa shape index (κ1) is 8.56. The summed E-state index contributed by atoms with van der Waals surface area (Å²) in [5, 5.41) is 1.64. The lowest BCUT2D eigenvalue weighted by atomic mass is 10.0. The number of hydrazine groups is 3. The molecule has 0 spiro atoms. The van der Waals surface area contributed by atoms with Crippen LogP contribution in [0, 0.1) is 17.8 Å². The van der Waals surface area contributed by atoms with Crippen LogP contribution in [0.3, 0.4) is 0 Å². The Morgan fingerprint density at radius 2 is 2.00 bits per heavy atom. The minimum atomic E-state index is 0.953. The number of nitrogens with two attached hydrogens (primary N) is 1. The van der Waals surface area contributed by atoms with Crippen molar-refractivity contribution in [3.63, 3.8) is 0 Å². The first-order valence-electron chi connectivity index (χ1n) is 5.56. The molecule has 0 radical (unpaired) electrons. The Kier molecular flexibility index (Phi) is 1.76. The lowest BCUT2D eigenvalue weighted by Crippen LogP contribution is -2.42. The highest BCUT2D eigenvalue weighted by Gasteiger charge is 2.46. The van der Waals surface area contributed by atoms with Crippen molar-refractivity contribution in [2.45, 2.75) is 32.6 Å². The molecule has 0 amide bonds. The third-order valence-electron chi connectivity index (χ3n) is 4.17. The quantitative estimate of drug-likeness (QED) is 0.500. The lowest BCUT2D eigenvalue weighted by Gasteiger charge is -2.15. The van der Waals surface area contributed by atoms with Gasteiger partial charge in [-0.25, -0.2) is 11.0 Å². The summed E-state index contributed by atoms with van der Waals surface area (Å²) in [4.78, 5) is 0. The summed E-state index contributed by atoms with van der Waals surface area (Å²) in [5.74, 6) is 8.71. The van der Waals surface area contributed by atoms with E-state index in [1.807, 2.05) is 0 Å². The molecule has 2 aliphatic carbocycles. The van der Waals surface area contributed by atoms with Crippen LogP contribution in [0.5, 0.6) is 0 Å². The molecule has 1 aliphatic heterocycles. The molecule has 0 aromatic carbocycles. The first-order valence-corrected chi connectivity index (χ1v) is 5.56. The molecule has 3 rings (SSSR count). The predicted octanol–water partition coefficient (Wildman–Crippen LogP) is 0.853. The van der Waals surface area contributed by atoms with Gasteiger partial charge in [0.2, 0.25) is 0 Å². The van der Waals surface area contributed by atoms with Gasteiger partial charge in [0.15, 0.2) is 0 Å². The monoisotopic (exact) mass is 194 g/mol. The molecule has 78 valence electrons. The highest BCUT2D eigenvalue weighted by molar-refractivity contribution is 5.16. The summed E-state index contributed by atoms with van der Waals surface area (Å²) in [7, 11) is 0. The van der Waals surface area contributed by atoms with Crippen LogP contribution in [0.4, 0.5) is 0 Å². The Morgan fingerprint density at radius 1 is 1.29 bits per heavy atom. The standard InChI is InChI=1S/C10H18N4/c1-6-7-2-4-9-10(5-3-8(6)7)14(11)13-12-9/h6-8,12-13H,2-5,11H2,1H3. The van der Waals surface area contributed by atoms with E-state index in [9.17, 15) is 0 Å². The van der Waals surface area contributed by atoms with Crippen LogP contribution in [0.2, 0.25) is 0 Å². The Morgan fingerprint density at radius 3 is 2.79 bits per heavy atom. The molecule has 14 heavy (non-hydrogen) atoms. The van der Waals surface area contributed by atoms with Crippen molar-refractivity contribution in [3.05, 3.63) is 11.4 Å². The molecule has 0 aromatic rings. The second-order valence-electron chi connectivity index (χ2n) is 4.80. The Hall–Kier alpha value is -0.740. The maximum absolute atomic E-state index is 5.81. The summed E-state index contributed by atoms with van der Waals surface area (Å²) >= 11 is 0. The average Bonchev–Trinajstić information content (AvgIpc) is 2.58. The second-order valence-corrected chi connectivity index (χ2v) is 4.80. The van der Waals surface area contributed by atoms with Crippen LogP contribution >= 0.6 is 0 Å². The van der Waals surface area contributed by atoms with E-state index in [1.54, 1.807) is 5.12 Å². The van der Waals surface area contributed by atoms with Gasteiger partial charge in [0, 0.05) is 0 Å². The normalized spacial score (nSPS) is 41.0. The summed E-state index contributed by atoms with van der Waals surface area (Å²) in [6.07, 6.45) is 4.91. The van der Waals surface area contributed by atoms with Crippen molar-refractivity contribution in [3.8, 4) is 0 Å². The van der Waals surface area contributed by atoms with Gasteiger partial charge >= 0.3 is 0 Å². The van der Waals surface area contributed by atoms with Crippen LogP contribution in [0.15, 0.2) is 11.4 Å². The first-order chi connectivity index (χ1) is 6.77.